The van der Waals surface area contributed by atoms with Gasteiger partial charge in [0.15, 0.2) is 0 Å². The number of aromatic carboxylic acids is 1. The van der Waals surface area contributed by atoms with Crippen molar-refractivity contribution in [3.05, 3.63) is 29.3 Å². The Morgan fingerprint density at radius 1 is 1.21 bits per heavy atom. The van der Waals surface area contributed by atoms with E-state index in [1.54, 1.807) is 24.0 Å². The second-order valence-corrected chi connectivity index (χ2v) is 7.50. The van der Waals surface area contributed by atoms with Gasteiger partial charge in [0.05, 0.1) is 5.56 Å². The van der Waals surface area contributed by atoms with Crippen molar-refractivity contribution < 1.29 is 14.7 Å². The topological polar surface area (TPSA) is 60.9 Å². The number of carboxylic acid groups (broad SMARTS) is 1. The number of anilines is 1. The number of carboxylic acids is 1. The van der Waals surface area contributed by atoms with Crippen LogP contribution in [0.15, 0.2) is 18.2 Å². The highest BCUT2D eigenvalue weighted by Gasteiger charge is 2.24. The molecule has 5 heteroatoms. The van der Waals surface area contributed by atoms with Crippen LogP contribution in [0.3, 0.4) is 0 Å². The first kappa shape index (κ1) is 18.5. The molecule has 0 atom stereocenters. The van der Waals surface area contributed by atoms with Gasteiger partial charge in [-0.2, -0.15) is 0 Å². The molecule has 0 saturated carbocycles. The lowest BCUT2D eigenvalue weighted by Gasteiger charge is -2.28. The molecular weight excluding hydrogens is 304 g/mol. The van der Waals surface area contributed by atoms with E-state index in [-0.39, 0.29) is 11.3 Å². The monoisotopic (exact) mass is 332 g/mol. The fourth-order valence-electron chi connectivity index (χ4n) is 3.22. The number of benzene rings is 1. The van der Waals surface area contributed by atoms with Crippen molar-refractivity contribution in [1.29, 1.82) is 0 Å². The number of hydrogen-bond acceptors (Lipinski definition) is 3. The first-order valence-electron chi connectivity index (χ1n) is 8.58. The minimum absolute atomic E-state index is 0.0165. The molecule has 0 aliphatic carbocycles. The van der Waals surface area contributed by atoms with E-state index >= 15 is 0 Å². The van der Waals surface area contributed by atoms with Crippen LogP contribution in [0.25, 0.3) is 0 Å². The molecule has 1 N–H and O–H groups in total. The van der Waals surface area contributed by atoms with Gasteiger partial charge >= 0.3 is 5.97 Å². The number of carbonyl (C=O) groups excluding carboxylic acids is 1. The maximum atomic E-state index is 12.1. The average molecular weight is 332 g/mol. The van der Waals surface area contributed by atoms with Gasteiger partial charge in [0.2, 0.25) is 5.91 Å². The molecule has 0 bridgehead atoms. The standard InChI is InChI=1S/C19H28N2O3/c1-14(22)21(12-11-20-9-5-6-10-20)15-7-8-16(18(23)24)17(13-15)19(2,3)4/h7-8,13H,5-6,9-12H2,1-4H3,(H,23,24). The Kier molecular flexibility index (Phi) is 5.65. The second kappa shape index (κ2) is 7.34. The van der Waals surface area contributed by atoms with Gasteiger partial charge < -0.3 is 14.9 Å². The van der Waals surface area contributed by atoms with Crippen LogP contribution < -0.4 is 4.90 Å². The maximum Gasteiger partial charge on any atom is 0.335 e. The largest absolute Gasteiger partial charge is 0.478 e. The molecule has 1 heterocycles. The van der Waals surface area contributed by atoms with Crippen LogP contribution in [0.2, 0.25) is 0 Å². The minimum atomic E-state index is -0.932. The molecule has 1 saturated heterocycles. The summed E-state index contributed by atoms with van der Waals surface area (Å²) in [4.78, 5) is 27.7. The molecule has 1 aromatic carbocycles. The van der Waals surface area contributed by atoms with Gasteiger partial charge in [-0.15, -0.1) is 0 Å². The van der Waals surface area contributed by atoms with E-state index in [2.05, 4.69) is 4.90 Å². The molecule has 0 unspecified atom stereocenters. The van der Waals surface area contributed by atoms with Gasteiger partial charge in [-0.1, -0.05) is 20.8 Å². The van der Waals surface area contributed by atoms with Gasteiger partial charge in [-0.25, -0.2) is 4.79 Å². The highest BCUT2D eigenvalue weighted by atomic mass is 16.4. The Morgan fingerprint density at radius 3 is 2.33 bits per heavy atom. The van der Waals surface area contributed by atoms with Gasteiger partial charge in [0, 0.05) is 25.7 Å². The quantitative estimate of drug-likeness (QED) is 0.900. The van der Waals surface area contributed by atoms with Crippen LogP contribution >= 0.6 is 0 Å². The summed E-state index contributed by atoms with van der Waals surface area (Å²) < 4.78 is 0. The van der Waals surface area contributed by atoms with Gasteiger partial charge in [0.25, 0.3) is 0 Å². The predicted molar refractivity (Wildman–Crippen MR) is 95.8 cm³/mol. The van der Waals surface area contributed by atoms with Crippen LogP contribution in [0.5, 0.6) is 0 Å². The molecule has 1 aliphatic heterocycles. The number of likely N-dealkylation sites (tertiary alicyclic amines) is 1. The van der Waals surface area contributed by atoms with Crippen molar-refractivity contribution in [1.82, 2.24) is 4.90 Å². The Balaban J connectivity index is 2.29. The number of hydrogen-bond donors (Lipinski definition) is 1. The number of carbonyl (C=O) groups is 2. The van der Waals surface area contributed by atoms with Gasteiger partial charge in [-0.3, -0.25) is 4.79 Å². The smallest absolute Gasteiger partial charge is 0.335 e. The number of nitrogens with zero attached hydrogens (tertiary/aromatic N) is 2. The molecule has 0 spiro atoms. The van der Waals surface area contributed by atoms with E-state index in [1.165, 1.54) is 12.8 Å². The zero-order valence-electron chi connectivity index (χ0n) is 15.1. The first-order valence-corrected chi connectivity index (χ1v) is 8.58. The molecule has 1 fully saturated rings. The molecule has 1 aromatic rings. The normalized spacial score (nSPS) is 15.5. The molecule has 2 rings (SSSR count). The van der Waals surface area contributed by atoms with Gasteiger partial charge in [-0.05, 0) is 55.1 Å². The van der Waals surface area contributed by atoms with Crippen molar-refractivity contribution in [2.24, 2.45) is 0 Å². The zero-order valence-corrected chi connectivity index (χ0v) is 15.1. The lowest BCUT2D eigenvalue weighted by atomic mass is 9.83. The summed E-state index contributed by atoms with van der Waals surface area (Å²) in [6.45, 7) is 11.2. The summed E-state index contributed by atoms with van der Waals surface area (Å²) in [5.74, 6) is -0.949. The maximum absolute atomic E-state index is 12.1. The van der Waals surface area contributed by atoms with Gasteiger partial charge in [0.1, 0.15) is 0 Å². The molecule has 5 nitrogen and oxygen atoms in total. The average Bonchev–Trinajstić information content (AvgIpc) is 2.99. The predicted octanol–water partition coefficient (Wildman–Crippen LogP) is 3.13. The molecule has 1 amide bonds. The van der Waals surface area contributed by atoms with E-state index in [4.69, 9.17) is 0 Å². The third kappa shape index (κ3) is 4.35. The van der Waals surface area contributed by atoms with Crippen LogP contribution in [0.1, 0.15) is 56.5 Å². The number of rotatable bonds is 5. The Hall–Kier alpha value is -1.88. The summed E-state index contributed by atoms with van der Waals surface area (Å²) in [7, 11) is 0. The molecule has 0 aromatic heterocycles. The lowest BCUT2D eigenvalue weighted by Crippen LogP contribution is -2.37. The Bertz CT molecular complexity index is 614. The Labute approximate surface area is 144 Å². The fraction of sp³-hybridized carbons (Fsp3) is 0.579. The molecular formula is C19H28N2O3. The molecule has 0 radical (unpaired) electrons. The summed E-state index contributed by atoms with van der Waals surface area (Å²) in [6, 6.07) is 5.21. The van der Waals surface area contributed by atoms with E-state index in [0.717, 1.165) is 30.9 Å². The van der Waals surface area contributed by atoms with Crippen molar-refractivity contribution in [2.75, 3.05) is 31.1 Å². The van der Waals surface area contributed by atoms with Crippen LogP contribution in [-0.4, -0.2) is 48.1 Å². The van der Waals surface area contributed by atoms with E-state index < -0.39 is 5.97 Å². The third-order valence-electron chi connectivity index (χ3n) is 4.57. The molecule has 1 aliphatic rings. The third-order valence-corrected chi connectivity index (χ3v) is 4.57. The lowest BCUT2D eigenvalue weighted by molar-refractivity contribution is -0.116. The van der Waals surface area contributed by atoms with E-state index in [9.17, 15) is 14.7 Å². The minimum Gasteiger partial charge on any atom is -0.478 e. The molecule has 132 valence electrons. The van der Waals surface area contributed by atoms with Crippen molar-refractivity contribution >= 4 is 17.6 Å². The van der Waals surface area contributed by atoms with E-state index in [0.29, 0.717) is 12.1 Å². The highest BCUT2D eigenvalue weighted by molar-refractivity contribution is 5.94. The fourth-order valence-corrected chi connectivity index (χ4v) is 3.22. The first-order chi connectivity index (χ1) is 11.2. The van der Waals surface area contributed by atoms with E-state index in [1.807, 2.05) is 26.8 Å². The Morgan fingerprint density at radius 2 is 1.83 bits per heavy atom. The SMILES string of the molecule is CC(=O)N(CCN1CCCC1)c1ccc(C(=O)O)c(C(C)(C)C)c1. The van der Waals surface area contributed by atoms with Crippen LogP contribution in [-0.2, 0) is 10.2 Å². The van der Waals surface area contributed by atoms with Crippen molar-refractivity contribution in [3.8, 4) is 0 Å². The summed E-state index contributed by atoms with van der Waals surface area (Å²) in [5.41, 5.74) is 1.52. The highest BCUT2D eigenvalue weighted by Crippen LogP contribution is 2.30. The molecule has 24 heavy (non-hydrogen) atoms. The van der Waals surface area contributed by atoms with Crippen molar-refractivity contribution in [3.63, 3.8) is 0 Å². The summed E-state index contributed by atoms with van der Waals surface area (Å²) in [6.07, 6.45) is 2.45. The zero-order chi connectivity index (χ0) is 17.9. The van der Waals surface area contributed by atoms with Crippen LogP contribution in [0.4, 0.5) is 5.69 Å². The number of amides is 1. The summed E-state index contributed by atoms with van der Waals surface area (Å²) >= 11 is 0. The second-order valence-electron chi connectivity index (χ2n) is 7.50. The van der Waals surface area contributed by atoms with Crippen molar-refractivity contribution in [2.45, 2.75) is 46.0 Å². The summed E-state index contributed by atoms with van der Waals surface area (Å²) in [5, 5.41) is 9.43. The van der Waals surface area contributed by atoms with Crippen LogP contribution in [0, 0.1) is 0 Å².